The fraction of sp³-hybridized carbons (Fsp3) is 0.286. The number of rotatable bonds is 3. The molecule has 0 aliphatic carbocycles. The summed E-state index contributed by atoms with van der Waals surface area (Å²) < 4.78 is 51.8. The van der Waals surface area contributed by atoms with Gasteiger partial charge in [0, 0.05) is 0 Å². The molecule has 1 rings (SSSR count). The number of methoxy groups -OCH3 is 1. The number of pyridine rings is 1. The molecule has 0 saturated carbocycles. The second-order valence-corrected chi connectivity index (χ2v) is 5.36. The molecule has 0 radical (unpaired) electrons. The zero-order valence-corrected chi connectivity index (χ0v) is 10.9. The average molecular weight is 364 g/mol. The Hall–Kier alpha value is -0.550. The van der Waals surface area contributed by atoms with Gasteiger partial charge in [-0.1, -0.05) is 0 Å². The van der Waals surface area contributed by atoms with E-state index in [9.17, 15) is 17.2 Å². The van der Waals surface area contributed by atoms with Gasteiger partial charge in [-0.25, -0.2) is 22.3 Å². The van der Waals surface area contributed by atoms with Gasteiger partial charge in [0.2, 0.25) is 5.88 Å². The Morgan fingerprint density at radius 1 is 1.56 bits per heavy atom. The second-order valence-electron chi connectivity index (χ2n) is 2.72. The van der Waals surface area contributed by atoms with Crippen LogP contribution in [0.1, 0.15) is 12.0 Å². The van der Waals surface area contributed by atoms with E-state index >= 15 is 0 Å². The quantitative estimate of drug-likeness (QED) is 0.820. The first-order valence-corrected chi connectivity index (χ1v) is 6.45. The van der Waals surface area contributed by atoms with Crippen molar-refractivity contribution in [3.63, 3.8) is 0 Å². The molecule has 0 bridgehead atoms. The first kappa shape index (κ1) is 13.5. The van der Waals surface area contributed by atoms with Gasteiger partial charge in [0.15, 0.2) is 5.03 Å². The van der Waals surface area contributed by atoms with Gasteiger partial charge in [-0.05, 0) is 28.7 Å². The second kappa shape index (κ2) is 4.75. The number of nitrogens with zero attached hydrogens (tertiary/aromatic N) is 1. The molecule has 1 aromatic heterocycles. The molecule has 0 unspecified atom stereocenters. The molecule has 90 valence electrons. The summed E-state index contributed by atoms with van der Waals surface area (Å²) in [5, 5.41) is 4.39. The first-order valence-electron chi connectivity index (χ1n) is 3.82. The topological polar surface area (TPSA) is 82.3 Å². The summed E-state index contributed by atoms with van der Waals surface area (Å²) in [7, 11) is -2.93. The van der Waals surface area contributed by atoms with E-state index in [2.05, 4.69) is 9.72 Å². The standard InChI is InChI=1S/C7H7F2IN2O3S/c1-15-6-3(5(8)9)2-4(10)7(12-6)16(11,13)14/h2,5H,1H3,(H2,11,13,14). The molecule has 0 aromatic carbocycles. The number of alkyl halides is 2. The van der Waals surface area contributed by atoms with E-state index in [4.69, 9.17) is 5.14 Å². The van der Waals surface area contributed by atoms with Crippen LogP contribution in [-0.2, 0) is 10.0 Å². The third kappa shape index (κ3) is 2.77. The van der Waals surface area contributed by atoms with Crippen LogP contribution >= 0.6 is 22.6 Å². The van der Waals surface area contributed by atoms with Crippen LogP contribution in [0.4, 0.5) is 8.78 Å². The van der Waals surface area contributed by atoms with Crippen LogP contribution < -0.4 is 9.88 Å². The largest absolute Gasteiger partial charge is 0.481 e. The summed E-state index contributed by atoms with van der Waals surface area (Å²) >= 11 is 1.57. The lowest BCUT2D eigenvalue weighted by Gasteiger charge is -2.09. The minimum atomic E-state index is -4.05. The molecular formula is C7H7F2IN2O3S. The monoisotopic (exact) mass is 364 g/mol. The summed E-state index contributed by atoms with van der Waals surface area (Å²) in [6, 6.07) is 0.983. The van der Waals surface area contributed by atoms with E-state index < -0.39 is 32.9 Å². The molecule has 0 atom stereocenters. The molecule has 1 aromatic rings. The normalized spacial score (nSPS) is 11.9. The summed E-state index contributed by atoms with van der Waals surface area (Å²) in [5.74, 6) is -0.445. The van der Waals surface area contributed by atoms with Crippen LogP contribution in [0.2, 0.25) is 0 Å². The Morgan fingerprint density at radius 2 is 2.12 bits per heavy atom. The zero-order chi connectivity index (χ0) is 12.5. The van der Waals surface area contributed by atoms with Crippen molar-refractivity contribution in [3.05, 3.63) is 15.2 Å². The fourth-order valence-corrected chi connectivity index (χ4v) is 2.91. The molecule has 0 amide bonds. The molecule has 0 fully saturated rings. The predicted molar refractivity (Wildman–Crippen MR) is 59.8 cm³/mol. The third-order valence-electron chi connectivity index (χ3n) is 1.63. The number of nitrogens with two attached hydrogens (primary N) is 1. The van der Waals surface area contributed by atoms with Gasteiger partial charge in [0.05, 0.1) is 16.2 Å². The van der Waals surface area contributed by atoms with E-state index in [1.54, 1.807) is 22.6 Å². The van der Waals surface area contributed by atoms with Gasteiger partial charge in [-0.15, -0.1) is 0 Å². The summed E-state index contributed by atoms with van der Waals surface area (Å²) in [6.45, 7) is 0. The van der Waals surface area contributed by atoms with Crippen LogP contribution in [0.3, 0.4) is 0 Å². The predicted octanol–water partition coefficient (Wildman–Crippen LogP) is 1.28. The Balaban J connectivity index is 3.50. The smallest absolute Gasteiger partial charge is 0.269 e. The van der Waals surface area contributed by atoms with Crippen molar-refractivity contribution in [1.29, 1.82) is 0 Å². The highest BCUT2D eigenvalue weighted by Crippen LogP contribution is 2.30. The van der Waals surface area contributed by atoms with Crippen LogP contribution in [0.15, 0.2) is 11.1 Å². The Labute approximate surface area is 104 Å². The number of hydrogen-bond donors (Lipinski definition) is 1. The maximum absolute atomic E-state index is 12.5. The summed E-state index contributed by atoms with van der Waals surface area (Å²) in [4.78, 5) is 3.46. The minimum absolute atomic E-state index is 0.0243. The Kier molecular flexibility index (Phi) is 4.02. The zero-order valence-electron chi connectivity index (χ0n) is 7.95. The SMILES string of the molecule is COc1nc(S(N)(=O)=O)c(I)cc1C(F)F. The van der Waals surface area contributed by atoms with Gasteiger partial charge in [0.1, 0.15) is 0 Å². The van der Waals surface area contributed by atoms with Crippen molar-refractivity contribution in [3.8, 4) is 5.88 Å². The molecule has 2 N–H and O–H groups in total. The minimum Gasteiger partial charge on any atom is -0.481 e. The van der Waals surface area contributed by atoms with Gasteiger partial charge in [-0.3, -0.25) is 0 Å². The molecule has 9 heteroatoms. The third-order valence-corrected chi connectivity index (χ3v) is 3.67. The lowest BCUT2D eigenvalue weighted by atomic mass is 10.3. The van der Waals surface area contributed by atoms with Gasteiger partial charge >= 0.3 is 0 Å². The van der Waals surface area contributed by atoms with E-state index in [0.29, 0.717) is 0 Å². The molecule has 0 spiro atoms. The van der Waals surface area contributed by atoms with Gasteiger partial charge < -0.3 is 4.74 Å². The van der Waals surface area contributed by atoms with Crippen LogP contribution in [0.5, 0.6) is 5.88 Å². The van der Waals surface area contributed by atoms with Crippen molar-refractivity contribution >= 4 is 32.6 Å². The molecular weight excluding hydrogens is 357 g/mol. The highest BCUT2D eigenvalue weighted by Gasteiger charge is 2.22. The number of sulfonamides is 1. The number of halogens is 3. The number of ether oxygens (including phenoxy) is 1. The van der Waals surface area contributed by atoms with Gasteiger partial charge in [-0.2, -0.15) is 4.98 Å². The molecule has 16 heavy (non-hydrogen) atoms. The molecule has 0 aliphatic rings. The first-order chi connectivity index (χ1) is 7.27. The lowest BCUT2D eigenvalue weighted by Crippen LogP contribution is -2.16. The molecule has 5 nitrogen and oxygen atoms in total. The van der Waals surface area contributed by atoms with Crippen molar-refractivity contribution in [2.24, 2.45) is 5.14 Å². The van der Waals surface area contributed by atoms with Crippen LogP contribution in [0.25, 0.3) is 0 Å². The highest BCUT2D eigenvalue weighted by molar-refractivity contribution is 14.1. The molecule has 0 aliphatic heterocycles. The van der Waals surface area contributed by atoms with Gasteiger partial charge in [0.25, 0.3) is 16.4 Å². The van der Waals surface area contributed by atoms with E-state index in [-0.39, 0.29) is 3.57 Å². The number of hydrogen-bond acceptors (Lipinski definition) is 4. The van der Waals surface area contributed by atoms with Crippen molar-refractivity contribution in [2.45, 2.75) is 11.5 Å². The summed E-state index contributed by atoms with van der Waals surface area (Å²) in [6.07, 6.45) is -2.80. The van der Waals surface area contributed by atoms with Crippen molar-refractivity contribution < 1.29 is 21.9 Å². The van der Waals surface area contributed by atoms with Crippen LogP contribution in [-0.4, -0.2) is 20.5 Å². The maximum atomic E-state index is 12.5. The Morgan fingerprint density at radius 3 is 2.50 bits per heavy atom. The lowest BCUT2D eigenvalue weighted by molar-refractivity contribution is 0.145. The fourth-order valence-electron chi connectivity index (χ4n) is 0.990. The average Bonchev–Trinajstić information content (AvgIpc) is 2.15. The van der Waals surface area contributed by atoms with Crippen molar-refractivity contribution in [2.75, 3.05) is 7.11 Å². The number of aromatic nitrogens is 1. The molecule has 0 saturated heterocycles. The van der Waals surface area contributed by atoms with Crippen molar-refractivity contribution in [1.82, 2.24) is 4.98 Å². The molecule has 1 heterocycles. The van der Waals surface area contributed by atoms with Crippen LogP contribution in [0, 0.1) is 3.57 Å². The maximum Gasteiger partial charge on any atom is 0.269 e. The Bertz CT molecular complexity index is 507. The van der Waals surface area contributed by atoms with E-state index in [0.717, 1.165) is 13.2 Å². The highest BCUT2D eigenvalue weighted by atomic mass is 127. The van der Waals surface area contributed by atoms with E-state index in [1.165, 1.54) is 0 Å². The summed E-state index contributed by atoms with van der Waals surface area (Å²) in [5.41, 5.74) is -0.473. The van der Waals surface area contributed by atoms with E-state index in [1.807, 2.05) is 0 Å². The number of primary sulfonamides is 1.